The van der Waals surface area contributed by atoms with Crippen LogP contribution in [0.3, 0.4) is 0 Å². The lowest BCUT2D eigenvalue weighted by atomic mass is 10.5. The van der Waals surface area contributed by atoms with E-state index in [9.17, 15) is 22.8 Å². The molecule has 0 rings (SSSR count). The number of esters is 1. The van der Waals surface area contributed by atoms with Gasteiger partial charge in [0.1, 0.15) is 0 Å². The lowest BCUT2D eigenvalue weighted by molar-refractivity contribution is -0.367. The van der Waals surface area contributed by atoms with E-state index in [4.69, 9.17) is 0 Å². The van der Waals surface area contributed by atoms with Crippen LogP contribution in [0.25, 0.3) is 0 Å². The van der Waals surface area contributed by atoms with Gasteiger partial charge in [-0.15, -0.1) is 0 Å². The van der Waals surface area contributed by atoms with Gasteiger partial charge in [-0.05, 0) is 13.3 Å². The van der Waals surface area contributed by atoms with Crippen LogP contribution < -0.4 is 28.0 Å². The van der Waals surface area contributed by atoms with Crippen molar-refractivity contribution in [2.45, 2.75) is 32.9 Å². The van der Waals surface area contributed by atoms with Gasteiger partial charge >= 0.3 is 12.1 Å². The predicted octanol–water partition coefficient (Wildman–Crippen LogP) is -0.963. The van der Waals surface area contributed by atoms with Gasteiger partial charge in [0, 0.05) is 30.5 Å². The summed E-state index contributed by atoms with van der Waals surface area (Å²) in [4.78, 5) is 19.9. The normalized spacial score (nSPS) is 9.22. The van der Waals surface area contributed by atoms with E-state index < -0.39 is 12.1 Å². The molecular formula is C12H24Br3F3N2O3. The second-order valence-electron chi connectivity index (χ2n) is 3.64. The van der Waals surface area contributed by atoms with Gasteiger partial charge in [0.25, 0.3) is 0 Å². The number of carbonyl (C=O) groups is 2. The molecule has 4 N–H and O–H groups in total. The Labute approximate surface area is 162 Å². The van der Waals surface area contributed by atoms with Crippen molar-refractivity contribution >= 4 is 43.7 Å². The minimum absolute atomic E-state index is 0. The highest BCUT2D eigenvalue weighted by Gasteiger charge is 2.40. The zero-order valence-electron chi connectivity index (χ0n) is 13.1. The van der Waals surface area contributed by atoms with Gasteiger partial charge < -0.3 is 32.8 Å². The molecule has 0 saturated heterocycles. The molecule has 0 saturated carbocycles. The van der Waals surface area contributed by atoms with Crippen LogP contribution >= 0.6 is 31.9 Å². The number of nitrogens with one attached hydrogen (secondary N) is 1. The van der Waals surface area contributed by atoms with E-state index in [0.29, 0.717) is 0 Å². The lowest BCUT2D eigenvalue weighted by Gasteiger charge is -2.02. The summed E-state index contributed by atoms with van der Waals surface area (Å²) in [6.45, 7) is 4.40. The van der Waals surface area contributed by atoms with E-state index in [1.54, 1.807) is 0 Å². The van der Waals surface area contributed by atoms with E-state index in [-0.39, 0.29) is 29.5 Å². The number of amides is 1. The number of hydrogen-bond donors (Lipinski definition) is 2. The highest BCUT2D eigenvalue weighted by Crippen LogP contribution is 2.15. The molecule has 0 unspecified atom stereocenters. The molecule has 0 aliphatic heterocycles. The third-order valence-corrected chi connectivity index (χ3v) is 2.70. The summed E-state index contributed by atoms with van der Waals surface area (Å²) in [5.41, 5.74) is 3.65. The average Bonchev–Trinajstić information content (AvgIpc) is 2.40. The van der Waals surface area contributed by atoms with Crippen molar-refractivity contribution in [3.05, 3.63) is 0 Å². The third-order valence-electron chi connectivity index (χ3n) is 1.57. The van der Waals surface area contributed by atoms with Crippen molar-refractivity contribution in [2.24, 2.45) is 0 Å². The fraction of sp³-hybridized carbons (Fsp3) is 0.833. The second-order valence-corrected chi connectivity index (χ2v) is 5.23. The Morgan fingerprint density at radius 1 is 1.17 bits per heavy atom. The topological polar surface area (TPSA) is 83.0 Å². The van der Waals surface area contributed by atoms with Crippen LogP contribution in [0.5, 0.6) is 0 Å². The molecule has 5 nitrogen and oxygen atoms in total. The highest BCUT2D eigenvalue weighted by molar-refractivity contribution is 9.09. The van der Waals surface area contributed by atoms with Gasteiger partial charge in [-0.1, -0.05) is 31.9 Å². The summed E-state index contributed by atoms with van der Waals surface area (Å²) in [6.07, 6.45) is -2.66. The number of carbonyl (C=O) groups excluding carboxylic acids is 2. The molecule has 0 fully saturated rings. The van der Waals surface area contributed by atoms with Crippen LogP contribution in [-0.2, 0) is 14.3 Å². The monoisotopic (exact) mass is 538 g/mol. The molecule has 0 heterocycles. The molecule has 0 aromatic carbocycles. The first kappa shape index (κ1) is 31.0. The van der Waals surface area contributed by atoms with Gasteiger partial charge in [-0.2, -0.15) is 13.2 Å². The SMILES string of the molecule is CC(=O)NCCCBr.CCOC(=O)C(F)(F)F.[Br-].[NH3+]CCCBr. The standard InChI is InChI=1S/C5H10BrNO.C4H5F3O2.C3H8BrN.BrH/c1-5(8)7-4-2-3-6;1-2-9-3(8)4(5,6)7;4-2-1-3-5;/h2-4H2,1H3,(H,7,8);2H2,1H3;1-3,5H2;1H. The minimum Gasteiger partial charge on any atom is -1.00 e. The summed E-state index contributed by atoms with van der Waals surface area (Å²) in [6, 6.07) is 0. The van der Waals surface area contributed by atoms with Gasteiger partial charge in [-0.3, -0.25) is 4.79 Å². The molecule has 0 aromatic rings. The second kappa shape index (κ2) is 22.1. The fourth-order valence-corrected chi connectivity index (χ4v) is 1.32. The maximum Gasteiger partial charge on any atom is 0.490 e. The molecule has 0 radical (unpaired) electrons. The van der Waals surface area contributed by atoms with Crippen molar-refractivity contribution in [2.75, 3.05) is 30.4 Å². The van der Waals surface area contributed by atoms with E-state index in [2.05, 4.69) is 47.6 Å². The van der Waals surface area contributed by atoms with E-state index >= 15 is 0 Å². The maximum atomic E-state index is 11.2. The number of alkyl halides is 5. The van der Waals surface area contributed by atoms with E-state index in [0.717, 1.165) is 30.2 Å². The smallest absolute Gasteiger partial charge is 0.490 e. The molecule has 142 valence electrons. The Morgan fingerprint density at radius 3 is 1.83 bits per heavy atom. The summed E-state index contributed by atoms with van der Waals surface area (Å²) in [5, 5.41) is 4.72. The maximum absolute atomic E-state index is 11.2. The van der Waals surface area contributed by atoms with E-state index in [1.165, 1.54) is 20.3 Å². The molecule has 0 aliphatic carbocycles. The summed E-state index contributed by atoms with van der Waals surface area (Å²) in [5.74, 6) is -2.09. The average molecular weight is 541 g/mol. The molecule has 0 aromatic heterocycles. The summed E-state index contributed by atoms with van der Waals surface area (Å²) in [7, 11) is 0. The van der Waals surface area contributed by atoms with Gasteiger partial charge in [0.2, 0.25) is 5.91 Å². The highest BCUT2D eigenvalue weighted by atomic mass is 79.9. The molecule has 23 heavy (non-hydrogen) atoms. The largest absolute Gasteiger partial charge is 1.00 e. The molecule has 0 bridgehead atoms. The van der Waals surface area contributed by atoms with Crippen molar-refractivity contribution in [1.29, 1.82) is 0 Å². The van der Waals surface area contributed by atoms with Crippen molar-refractivity contribution < 1.29 is 50.2 Å². The zero-order valence-corrected chi connectivity index (χ0v) is 17.9. The number of hydrogen-bond acceptors (Lipinski definition) is 3. The Hall–Kier alpha value is 0.130. The van der Waals surface area contributed by atoms with Crippen LogP contribution in [0.15, 0.2) is 0 Å². The van der Waals surface area contributed by atoms with Crippen molar-refractivity contribution in [3.8, 4) is 0 Å². The molecule has 11 heteroatoms. The number of halogens is 6. The number of rotatable bonds is 6. The van der Waals surface area contributed by atoms with Crippen LogP contribution in [0, 0.1) is 0 Å². The first-order chi connectivity index (χ1) is 10.2. The van der Waals surface area contributed by atoms with Gasteiger partial charge in [0.15, 0.2) is 0 Å². The fourth-order valence-electron chi connectivity index (χ4n) is 0.639. The Morgan fingerprint density at radius 2 is 1.65 bits per heavy atom. The Kier molecular flexibility index (Phi) is 29.8. The number of ether oxygens (including phenoxy) is 1. The van der Waals surface area contributed by atoms with Crippen LogP contribution in [-0.4, -0.2) is 48.4 Å². The first-order valence-corrected chi connectivity index (χ1v) is 8.81. The number of quaternary nitrogens is 1. The minimum atomic E-state index is -4.85. The van der Waals surface area contributed by atoms with Crippen LogP contribution in [0.1, 0.15) is 26.7 Å². The van der Waals surface area contributed by atoms with Gasteiger partial charge in [0.05, 0.1) is 13.2 Å². The predicted molar refractivity (Wildman–Crippen MR) is 85.9 cm³/mol. The quantitative estimate of drug-likeness (QED) is 0.259. The zero-order chi connectivity index (χ0) is 18.0. The molecule has 0 atom stereocenters. The molecule has 0 spiro atoms. The summed E-state index contributed by atoms with van der Waals surface area (Å²) < 4.78 is 37.1. The lowest BCUT2D eigenvalue weighted by Crippen LogP contribution is -3.00. The third kappa shape index (κ3) is 34.5. The first-order valence-electron chi connectivity index (χ1n) is 6.56. The Balaban J connectivity index is -0.000000120. The molecule has 0 aliphatic rings. The van der Waals surface area contributed by atoms with Gasteiger partial charge in [-0.25, -0.2) is 4.79 Å². The summed E-state index contributed by atoms with van der Waals surface area (Å²) >= 11 is 6.52. The van der Waals surface area contributed by atoms with Crippen LogP contribution in [0.4, 0.5) is 13.2 Å². The van der Waals surface area contributed by atoms with Crippen molar-refractivity contribution in [1.82, 2.24) is 5.32 Å². The Bertz CT molecular complexity index is 282. The van der Waals surface area contributed by atoms with Crippen molar-refractivity contribution in [3.63, 3.8) is 0 Å². The van der Waals surface area contributed by atoms with E-state index in [1.807, 2.05) is 0 Å². The van der Waals surface area contributed by atoms with Crippen LogP contribution in [0.2, 0.25) is 0 Å². The molecular weight excluding hydrogens is 517 g/mol. The molecule has 1 amide bonds.